The molecule has 4 aromatic rings. The molecular formula is C17H9Cl2N5O3. The Morgan fingerprint density at radius 2 is 1.89 bits per heavy atom. The Labute approximate surface area is 162 Å². The van der Waals surface area contributed by atoms with Crippen LogP contribution in [0, 0.1) is 10.1 Å². The van der Waals surface area contributed by atoms with E-state index in [4.69, 9.17) is 27.6 Å². The number of furan rings is 1. The molecule has 3 heterocycles. The van der Waals surface area contributed by atoms with Crippen molar-refractivity contribution in [1.29, 1.82) is 0 Å². The Morgan fingerprint density at radius 1 is 1.11 bits per heavy atom. The van der Waals surface area contributed by atoms with Crippen molar-refractivity contribution in [3.63, 3.8) is 0 Å². The quantitative estimate of drug-likeness (QED) is 0.359. The van der Waals surface area contributed by atoms with Crippen LogP contribution in [0.2, 0.25) is 10.0 Å². The third kappa shape index (κ3) is 3.27. The lowest BCUT2D eigenvalue weighted by Crippen LogP contribution is -2.03. The van der Waals surface area contributed by atoms with Gasteiger partial charge in [-0.25, -0.2) is 9.97 Å². The molecule has 0 aliphatic rings. The maximum Gasteiger partial charge on any atom is 0.433 e. The maximum atomic E-state index is 10.9. The zero-order valence-corrected chi connectivity index (χ0v) is 14.9. The van der Waals surface area contributed by atoms with E-state index in [1.165, 1.54) is 23.0 Å². The summed E-state index contributed by atoms with van der Waals surface area (Å²) in [6.07, 6.45) is 1.44. The highest BCUT2D eigenvalue weighted by Crippen LogP contribution is 2.30. The fraction of sp³-hybridized carbons (Fsp3) is 0. The largest absolute Gasteiger partial charge is 0.433 e. The molecule has 0 atom stereocenters. The third-order valence-electron chi connectivity index (χ3n) is 3.62. The zero-order valence-electron chi connectivity index (χ0n) is 13.4. The number of nitrogens with zero attached hydrogens (tertiary/aromatic N) is 5. The summed E-state index contributed by atoms with van der Waals surface area (Å²) in [7, 11) is 0. The summed E-state index contributed by atoms with van der Waals surface area (Å²) in [6, 6.07) is 13.5. The van der Waals surface area contributed by atoms with E-state index in [2.05, 4.69) is 15.1 Å². The van der Waals surface area contributed by atoms with Gasteiger partial charge >= 0.3 is 5.88 Å². The van der Waals surface area contributed by atoms with Crippen LogP contribution in [0.15, 0.2) is 59.1 Å². The lowest BCUT2D eigenvalue weighted by molar-refractivity contribution is -0.401. The molecule has 8 nitrogen and oxygen atoms in total. The molecule has 0 aliphatic heterocycles. The average molecular weight is 402 g/mol. The molecular weight excluding hydrogens is 393 g/mol. The van der Waals surface area contributed by atoms with Gasteiger partial charge in [0.2, 0.25) is 5.82 Å². The molecule has 0 saturated heterocycles. The van der Waals surface area contributed by atoms with Crippen LogP contribution < -0.4 is 0 Å². The minimum Gasteiger partial charge on any atom is -0.397 e. The molecule has 0 radical (unpaired) electrons. The summed E-state index contributed by atoms with van der Waals surface area (Å²) in [5.74, 6) is 0.684. The van der Waals surface area contributed by atoms with Crippen LogP contribution in [0.1, 0.15) is 0 Å². The standard InChI is InChI=1S/C17H9Cl2N5O3/c18-11-8-12(19)17(20-9-11)23-16(10-4-2-1-3-5-10)21-15(22-23)13-6-7-14(27-13)24(25)26/h1-9H. The first-order valence-corrected chi connectivity index (χ1v) is 8.37. The second-order valence-electron chi connectivity index (χ2n) is 5.39. The number of rotatable bonds is 4. The number of hydrogen-bond donors (Lipinski definition) is 0. The number of hydrogen-bond acceptors (Lipinski definition) is 6. The van der Waals surface area contributed by atoms with E-state index in [9.17, 15) is 10.1 Å². The van der Waals surface area contributed by atoms with Gasteiger partial charge in [-0.05, 0) is 12.1 Å². The monoisotopic (exact) mass is 401 g/mol. The van der Waals surface area contributed by atoms with E-state index < -0.39 is 10.8 Å². The second-order valence-corrected chi connectivity index (χ2v) is 6.23. The van der Waals surface area contributed by atoms with Crippen LogP contribution in [0.3, 0.4) is 0 Å². The van der Waals surface area contributed by atoms with Gasteiger partial charge in [0.05, 0.1) is 16.1 Å². The van der Waals surface area contributed by atoms with Gasteiger partial charge in [0.15, 0.2) is 17.4 Å². The van der Waals surface area contributed by atoms with Crippen molar-refractivity contribution in [2.24, 2.45) is 0 Å². The molecule has 0 fully saturated rings. The molecule has 27 heavy (non-hydrogen) atoms. The van der Waals surface area contributed by atoms with Crippen molar-refractivity contribution in [3.8, 4) is 28.8 Å². The minimum absolute atomic E-state index is 0.155. The molecule has 0 N–H and O–H groups in total. The molecule has 0 saturated carbocycles. The first-order chi connectivity index (χ1) is 13.0. The third-order valence-corrected chi connectivity index (χ3v) is 4.11. The summed E-state index contributed by atoms with van der Waals surface area (Å²) >= 11 is 12.2. The van der Waals surface area contributed by atoms with Gasteiger partial charge in [-0.3, -0.25) is 10.1 Å². The highest BCUT2D eigenvalue weighted by atomic mass is 35.5. The Bertz CT molecular complexity index is 1140. The molecule has 3 aromatic heterocycles. The fourth-order valence-electron chi connectivity index (χ4n) is 2.45. The maximum absolute atomic E-state index is 10.9. The van der Waals surface area contributed by atoms with Crippen molar-refractivity contribution in [2.75, 3.05) is 0 Å². The SMILES string of the molecule is O=[N+]([O-])c1ccc(-c2nc(-c3ccccc3)n(-c3ncc(Cl)cc3Cl)n2)o1. The van der Waals surface area contributed by atoms with E-state index in [-0.39, 0.29) is 16.6 Å². The Morgan fingerprint density at radius 3 is 2.56 bits per heavy atom. The van der Waals surface area contributed by atoms with E-state index in [0.717, 1.165) is 5.56 Å². The number of benzene rings is 1. The van der Waals surface area contributed by atoms with E-state index in [0.29, 0.717) is 16.7 Å². The topological polar surface area (TPSA) is 99.9 Å². The average Bonchev–Trinajstić information content (AvgIpc) is 3.30. The smallest absolute Gasteiger partial charge is 0.397 e. The van der Waals surface area contributed by atoms with Gasteiger partial charge in [0.25, 0.3) is 0 Å². The zero-order chi connectivity index (χ0) is 19.0. The van der Waals surface area contributed by atoms with Crippen molar-refractivity contribution in [1.82, 2.24) is 19.7 Å². The summed E-state index contributed by atoms with van der Waals surface area (Å²) in [5.41, 5.74) is 0.755. The predicted octanol–water partition coefficient (Wildman–Crippen LogP) is 4.80. The van der Waals surface area contributed by atoms with Crippen LogP contribution in [-0.2, 0) is 0 Å². The molecule has 0 amide bonds. The molecule has 0 unspecified atom stereocenters. The number of halogens is 2. The molecule has 4 rings (SSSR count). The highest BCUT2D eigenvalue weighted by Gasteiger charge is 2.21. The molecule has 10 heteroatoms. The summed E-state index contributed by atoms with van der Waals surface area (Å²) < 4.78 is 6.65. The first kappa shape index (κ1) is 17.2. The summed E-state index contributed by atoms with van der Waals surface area (Å²) in [5, 5.41) is 15.9. The van der Waals surface area contributed by atoms with Gasteiger partial charge < -0.3 is 4.42 Å². The Hall–Kier alpha value is -3.23. The van der Waals surface area contributed by atoms with Gasteiger partial charge in [0.1, 0.15) is 4.92 Å². The van der Waals surface area contributed by atoms with Crippen LogP contribution in [0.5, 0.6) is 0 Å². The number of nitro groups is 1. The Balaban J connectivity index is 1.90. The molecule has 0 aliphatic carbocycles. The molecule has 0 bridgehead atoms. The summed E-state index contributed by atoms with van der Waals surface area (Å²) in [4.78, 5) is 18.9. The first-order valence-electron chi connectivity index (χ1n) is 7.61. The van der Waals surface area contributed by atoms with Gasteiger partial charge in [-0.2, -0.15) is 4.68 Å². The highest BCUT2D eigenvalue weighted by molar-refractivity contribution is 6.35. The lowest BCUT2D eigenvalue weighted by atomic mass is 10.2. The van der Waals surface area contributed by atoms with Crippen LogP contribution in [0.4, 0.5) is 5.88 Å². The molecule has 1 aromatic carbocycles. The van der Waals surface area contributed by atoms with E-state index >= 15 is 0 Å². The van der Waals surface area contributed by atoms with Crippen molar-refractivity contribution >= 4 is 29.1 Å². The fourth-order valence-corrected chi connectivity index (χ4v) is 2.91. The number of aromatic nitrogens is 4. The second kappa shape index (κ2) is 6.82. The van der Waals surface area contributed by atoms with Crippen LogP contribution >= 0.6 is 23.2 Å². The minimum atomic E-state index is -0.629. The normalized spacial score (nSPS) is 10.9. The van der Waals surface area contributed by atoms with E-state index in [1.54, 1.807) is 6.07 Å². The van der Waals surface area contributed by atoms with Crippen LogP contribution in [-0.4, -0.2) is 24.7 Å². The van der Waals surface area contributed by atoms with Gasteiger partial charge in [-0.1, -0.05) is 53.5 Å². The van der Waals surface area contributed by atoms with Crippen LogP contribution in [0.25, 0.3) is 28.8 Å². The van der Waals surface area contributed by atoms with Crippen molar-refractivity contribution in [3.05, 3.63) is 74.9 Å². The number of pyridine rings is 1. The molecule has 0 spiro atoms. The summed E-state index contributed by atoms with van der Waals surface area (Å²) in [6.45, 7) is 0. The van der Waals surface area contributed by atoms with Crippen molar-refractivity contribution in [2.45, 2.75) is 0 Å². The lowest BCUT2D eigenvalue weighted by Gasteiger charge is -2.06. The Kier molecular flexibility index (Phi) is 4.35. The predicted molar refractivity (Wildman–Crippen MR) is 99.0 cm³/mol. The van der Waals surface area contributed by atoms with E-state index in [1.807, 2.05) is 30.3 Å². The van der Waals surface area contributed by atoms with Crippen molar-refractivity contribution < 1.29 is 9.34 Å². The van der Waals surface area contributed by atoms with Gasteiger partial charge in [0, 0.05) is 11.8 Å². The van der Waals surface area contributed by atoms with Gasteiger partial charge in [-0.15, -0.1) is 5.10 Å². The molecule has 134 valence electrons.